The third-order valence-corrected chi connectivity index (χ3v) is 3.53. The maximum atomic E-state index is 12.4. The highest BCUT2D eigenvalue weighted by Crippen LogP contribution is 2.33. The first-order valence-corrected chi connectivity index (χ1v) is 7.49. The smallest absolute Gasteiger partial charge is 0.176 e. The Labute approximate surface area is 132 Å². The lowest BCUT2D eigenvalue weighted by Crippen LogP contribution is -2.40. The van der Waals surface area contributed by atoms with Crippen molar-refractivity contribution >= 4 is 11.5 Å². The molecule has 0 spiro atoms. The van der Waals surface area contributed by atoms with E-state index in [2.05, 4.69) is 18.5 Å². The van der Waals surface area contributed by atoms with Crippen molar-refractivity contribution in [1.82, 2.24) is 4.90 Å². The van der Waals surface area contributed by atoms with Crippen LogP contribution in [0.3, 0.4) is 0 Å². The number of carbonyl (C=O) groups is 1. The molecule has 0 fully saturated rings. The number of nitrogens with one attached hydrogen (secondary N) is 1. The summed E-state index contributed by atoms with van der Waals surface area (Å²) in [7, 11) is 0. The average molecular weight is 300 g/mol. The number of hydrogen-bond donors (Lipinski definition) is 1. The minimum absolute atomic E-state index is 0.0816. The summed E-state index contributed by atoms with van der Waals surface area (Å²) >= 11 is 0. The van der Waals surface area contributed by atoms with E-state index in [9.17, 15) is 4.79 Å². The van der Waals surface area contributed by atoms with E-state index < -0.39 is 0 Å². The molecule has 22 heavy (non-hydrogen) atoms. The van der Waals surface area contributed by atoms with Gasteiger partial charge in [-0.05, 0) is 32.0 Å². The Morgan fingerprint density at radius 1 is 1.36 bits per heavy atom. The Kier molecular flexibility index (Phi) is 5.03. The van der Waals surface area contributed by atoms with Crippen LogP contribution < -0.4 is 10.1 Å². The van der Waals surface area contributed by atoms with Crippen LogP contribution >= 0.6 is 0 Å². The average Bonchev–Trinajstić information content (AvgIpc) is 2.46. The monoisotopic (exact) mass is 300 g/mol. The molecule has 1 aromatic rings. The maximum absolute atomic E-state index is 12.4. The molecule has 0 unspecified atom stereocenters. The number of hydrogen-bond acceptors (Lipinski definition) is 4. The van der Waals surface area contributed by atoms with Gasteiger partial charge in [-0.25, -0.2) is 0 Å². The molecule has 4 heteroatoms. The van der Waals surface area contributed by atoms with Crippen molar-refractivity contribution in [3.63, 3.8) is 0 Å². The summed E-state index contributed by atoms with van der Waals surface area (Å²) in [5.41, 5.74) is 1.33. The van der Waals surface area contributed by atoms with E-state index in [-0.39, 0.29) is 11.4 Å². The van der Waals surface area contributed by atoms with Gasteiger partial charge in [0.15, 0.2) is 5.78 Å². The van der Waals surface area contributed by atoms with E-state index in [0.717, 1.165) is 18.0 Å². The minimum atomic E-state index is -0.233. The Morgan fingerprint density at radius 3 is 2.68 bits per heavy atom. The Hall–Kier alpha value is -2.07. The molecule has 0 aromatic heterocycles. The second kappa shape index (κ2) is 6.79. The molecule has 1 aliphatic rings. The Balaban J connectivity index is 2.11. The summed E-state index contributed by atoms with van der Waals surface area (Å²) in [6, 6.07) is 5.55. The zero-order valence-corrected chi connectivity index (χ0v) is 13.4. The summed E-state index contributed by atoms with van der Waals surface area (Å²) in [5, 5.41) is 3.33. The van der Waals surface area contributed by atoms with Crippen molar-refractivity contribution in [1.29, 1.82) is 0 Å². The van der Waals surface area contributed by atoms with Crippen LogP contribution in [0.15, 0.2) is 43.5 Å². The van der Waals surface area contributed by atoms with Crippen LogP contribution in [-0.2, 0) is 0 Å². The third kappa shape index (κ3) is 3.98. The molecular weight excluding hydrogens is 276 g/mol. The summed E-state index contributed by atoms with van der Waals surface area (Å²) in [6.07, 6.45) is 3.59. The van der Waals surface area contributed by atoms with Crippen molar-refractivity contribution in [3.05, 3.63) is 49.1 Å². The molecule has 118 valence electrons. The van der Waals surface area contributed by atoms with Gasteiger partial charge in [0, 0.05) is 18.7 Å². The van der Waals surface area contributed by atoms with Gasteiger partial charge in [-0.1, -0.05) is 12.2 Å². The van der Waals surface area contributed by atoms with Crippen LogP contribution in [0.4, 0.5) is 5.69 Å². The van der Waals surface area contributed by atoms with Crippen LogP contribution in [0.2, 0.25) is 0 Å². The normalized spacial score (nSPS) is 15.4. The highest BCUT2D eigenvalue weighted by atomic mass is 16.5. The number of carbonyl (C=O) groups excluding carboxylic acids is 1. The Bertz CT molecular complexity index is 568. The van der Waals surface area contributed by atoms with Gasteiger partial charge in [-0.2, -0.15) is 0 Å². The maximum Gasteiger partial charge on any atom is 0.176 e. The van der Waals surface area contributed by atoms with Gasteiger partial charge in [0.1, 0.15) is 11.4 Å². The standard InChI is InChI=1S/C18H24N2O2/c1-5-9-20(10-6-2)12-16(21)14-7-8-17-15(11-14)19-13-18(3,4)22-17/h5-8,11,19H,1-2,9-10,12-13H2,3-4H3. The third-order valence-electron chi connectivity index (χ3n) is 3.53. The number of Topliss-reactive ketones (excluding diaryl/α,β-unsaturated/α-hetero) is 1. The van der Waals surface area contributed by atoms with Gasteiger partial charge in [-0.3, -0.25) is 9.69 Å². The van der Waals surface area contributed by atoms with Gasteiger partial charge in [0.25, 0.3) is 0 Å². The number of ether oxygens (including phenoxy) is 1. The van der Waals surface area contributed by atoms with Crippen molar-refractivity contribution in [2.24, 2.45) is 0 Å². The zero-order chi connectivity index (χ0) is 16.2. The van der Waals surface area contributed by atoms with Crippen LogP contribution in [-0.4, -0.2) is 42.5 Å². The number of fused-ring (bicyclic) bond motifs is 1. The molecule has 0 saturated heterocycles. The number of nitrogens with zero attached hydrogens (tertiary/aromatic N) is 1. The van der Waals surface area contributed by atoms with Crippen LogP contribution in [0.5, 0.6) is 5.75 Å². The van der Waals surface area contributed by atoms with Crippen molar-refractivity contribution in [2.45, 2.75) is 19.4 Å². The molecule has 4 nitrogen and oxygen atoms in total. The van der Waals surface area contributed by atoms with Crippen LogP contribution in [0.1, 0.15) is 24.2 Å². The summed E-state index contributed by atoms with van der Waals surface area (Å²) in [5.74, 6) is 0.875. The van der Waals surface area contributed by atoms with Crippen molar-refractivity contribution in [2.75, 3.05) is 31.5 Å². The molecule has 0 radical (unpaired) electrons. The molecule has 0 amide bonds. The van der Waals surface area contributed by atoms with Crippen LogP contribution in [0, 0.1) is 0 Å². The molecule has 0 bridgehead atoms. The van der Waals surface area contributed by atoms with E-state index in [0.29, 0.717) is 25.2 Å². The largest absolute Gasteiger partial charge is 0.484 e. The lowest BCUT2D eigenvalue weighted by molar-refractivity contribution is 0.0944. The van der Waals surface area contributed by atoms with E-state index in [1.807, 2.05) is 36.9 Å². The zero-order valence-electron chi connectivity index (χ0n) is 13.4. The molecule has 1 heterocycles. The highest BCUT2D eigenvalue weighted by molar-refractivity contribution is 5.98. The van der Waals surface area contributed by atoms with Crippen molar-refractivity contribution in [3.8, 4) is 5.75 Å². The molecule has 0 aliphatic carbocycles. The highest BCUT2D eigenvalue weighted by Gasteiger charge is 2.26. The molecule has 1 aromatic carbocycles. The first-order chi connectivity index (χ1) is 10.4. The minimum Gasteiger partial charge on any atom is -0.484 e. The number of benzene rings is 1. The summed E-state index contributed by atoms with van der Waals surface area (Å²) in [6.45, 7) is 13.9. The summed E-state index contributed by atoms with van der Waals surface area (Å²) in [4.78, 5) is 14.4. The molecule has 1 N–H and O–H groups in total. The fraction of sp³-hybridized carbons (Fsp3) is 0.389. The molecule has 0 saturated carbocycles. The first-order valence-electron chi connectivity index (χ1n) is 7.49. The topological polar surface area (TPSA) is 41.6 Å². The number of ketones is 1. The van der Waals surface area contributed by atoms with E-state index in [4.69, 9.17) is 4.74 Å². The predicted octanol–water partition coefficient (Wildman–Crippen LogP) is 3.13. The van der Waals surface area contributed by atoms with Gasteiger partial charge < -0.3 is 10.1 Å². The molecular formula is C18H24N2O2. The SMILES string of the molecule is C=CCN(CC=C)CC(=O)c1ccc2c(c1)NCC(C)(C)O2. The fourth-order valence-electron chi connectivity index (χ4n) is 2.44. The predicted molar refractivity (Wildman–Crippen MR) is 90.8 cm³/mol. The summed E-state index contributed by atoms with van der Waals surface area (Å²) < 4.78 is 5.90. The second-order valence-corrected chi connectivity index (χ2v) is 6.12. The molecule has 0 atom stereocenters. The lowest BCUT2D eigenvalue weighted by Gasteiger charge is -2.33. The van der Waals surface area contributed by atoms with Gasteiger partial charge in [-0.15, -0.1) is 13.2 Å². The van der Waals surface area contributed by atoms with E-state index >= 15 is 0 Å². The van der Waals surface area contributed by atoms with Crippen molar-refractivity contribution < 1.29 is 9.53 Å². The lowest BCUT2D eigenvalue weighted by atomic mass is 10.0. The number of anilines is 1. The molecule has 1 aliphatic heterocycles. The van der Waals surface area contributed by atoms with Crippen LogP contribution in [0.25, 0.3) is 0 Å². The van der Waals surface area contributed by atoms with E-state index in [1.165, 1.54) is 0 Å². The molecule has 2 rings (SSSR count). The quantitative estimate of drug-likeness (QED) is 0.620. The van der Waals surface area contributed by atoms with Gasteiger partial charge >= 0.3 is 0 Å². The second-order valence-electron chi connectivity index (χ2n) is 6.12. The van der Waals surface area contributed by atoms with E-state index in [1.54, 1.807) is 12.2 Å². The van der Waals surface area contributed by atoms with Gasteiger partial charge in [0.2, 0.25) is 0 Å². The number of rotatable bonds is 7. The van der Waals surface area contributed by atoms with Gasteiger partial charge in [0.05, 0.1) is 18.8 Å². The fourth-order valence-corrected chi connectivity index (χ4v) is 2.44. The first kappa shape index (κ1) is 16.3. The Morgan fingerprint density at radius 2 is 2.05 bits per heavy atom.